The maximum Gasteiger partial charge on any atom is 0.128 e. The average molecular weight is 194 g/mol. The smallest absolute Gasteiger partial charge is 0.128 e. The van der Waals surface area contributed by atoms with Crippen LogP contribution in [0.2, 0.25) is 0 Å². The second-order valence-electron chi connectivity index (χ2n) is 3.25. The van der Waals surface area contributed by atoms with Gasteiger partial charge in [0.2, 0.25) is 0 Å². The number of anilines is 1. The summed E-state index contributed by atoms with van der Waals surface area (Å²) in [4.78, 5) is 8.03. The van der Waals surface area contributed by atoms with Gasteiger partial charge in [-0.1, -0.05) is 0 Å². The topological polar surface area (TPSA) is 16.1 Å². The van der Waals surface area contributed by atoms with E-state index in [9.17, 15) is 0 Å². The quantitative estimate of drug-likeness (QED) is 0.673. The van der Waals surface area contributed by atoms with Gasteiger partial charge in [0, 0.05) is 24.2 Å². The lowest BCUT2D eigenvalue weighted by Gasteiger charge is -2.15. The molecule has 1 saturated heterocycles. The van der Waals surface area contributed by atoms with E-state index in [0.717, 1.165) is 5.82 Å². The van der Waals surface area contributed by atoms with Crippen LogP contribution in [0.3, 0.4) is 0 Å². The van der Waals surface area contributed by atoms with Crippen LogP contribution >= 0.6 is 11.8 Å². The van der Waals surface area contributed by atoms with E-state index in [2.05, 4.69) is 28.3 Å². The Hall–Kier alpha value is -0.700. The SMILES string of the molecule is CSc1ccc(N2CCCC2)nc1. The van der Waals surface area contributed by atoms with Crippen molar-refractivity contribution < 1.29 is 0 Å². The molecule has 0 aromatic carbocycles. The van der Waals surface area contributed by atoms with Crippen molar-refractivity contribution in [3.05, 3.63) is 18.3 Å². The van der Waals surface area contributed by atoms with Gasteiger partial charge in [-0.25, -0.2) is 4.98 Å². The number of nitrogens with zero attached hydrogens (tertiary/aromatic N) is 2. The van der Waals surface area contributed by atoms with Crippen molar-refractivity contribution in [2.45, 2.75) is 17.7 Å². The summed E-state index contributed by atoms with van der Waals surface area (Å²) in [6, 6.07) is 4.27. The van der Waals surface area contributed by atoms with E-state index in [1.807, 2.05) is 6.20 Å². The predicted molar refractivity (Wildman–Crippen MR) is 57.5 cm³/mol. The van der Waals surface area contributed by atoms with Gasteiger partial charge in [0.15, 0.2) is 0 Å². The maximum absolute atomic E-state index is 4.44. The zero-order valence-electron chi connectivity index (χ0n) is 7.86. The lowest BCUT2D eigenvalue weighted by atomic mass is 10.4. The third-order valence-electron chi connectivity index (χ3n) is 2.39. The molecule has 1 aromatic heterocycles. The van der Waals surface area contributed by atoms with Gasteiger partial charge in [-0.3, -0.25) is 0 Å². The summed E-state index contributed by atoms with van der Waals surface area (Å²) < 4.78 is 0. The van der Waals surface area contributed by atoms with Gasteiger partial charge in [-0.15, -0.1) is 11.8 Å². The van der Waals surface area contributed by atoms with Gasteiger partial charge in [0.25, 0.3) is 0 Å². The molecular formula is C10H14N2S. The van der Waals surface area contributed by atoms with Crippen molar-refractivity contribution in [3.8, 4) is 0 Å². The van der Waals surface area contributed by atoms with Crippen LogP contribution in [-0.4, -0.2) is 24.3 Å². The van der Waals surface area contributed by atoms with Crippen LogP contribution in [0.4, 0.5) is 5.82 Å². The Morgan fingerprint density at radius 2 is 2.08 bits per heavy atom. The maximum atomic E-state index is 4.44. The molecule has 1 aliphatic rings. The summed E-state index contributed by atoms with van der Waals surface area (Å²) in [7, 11) is 0. The molecule has 2 heterocycles. The summed E-state index contributed by atoms with van der Waals surface area (Å²) in [5.74, 6) is 1.13. The van der Waals surface area contributed by atoms with Crippen molar-refractivity contribution in [2.24, 2.45) is 0 Å². The monoisotopic (exact) mass is 194 g/mol. The van der Waals surface area contributed by atoms with E-state index in [0.29, 0.717) is 0 Å². The van der Waals surface area contributed by atoms with Gasteiger partial charge in [-0.05, 0) is 31.2 Å². The highest BCUT2D eigenvalue weighted by atomic mass is 32.2. The molecule has 0 radical (unpaired) electrons. The van der Waals surface area contributed by atoms with Crippen LogP contribution in [0.25, 0.3) is 0 Å². The second kappa shape index (κ2) is 4.01. The first-order chi connectivity index (χ1) is 6.40. The minimum atomic E-state index is 1.13. The van der Waals surface area contributed by atoms with Crippen molar-refractivity contribution in [3.63, 3.8) is 0 Å². The molecule has 70 valence electrons. The number of thioether (sulfide) groups is 1. The minimum absolute atomic E-state index is 1.13. The van der Waals surface area contributed by atoms with Crippen LogP contribution in [-0.2, 0) is 0 Å². The Morgan fingerprint density at radius 1 is 1.31 bits per heavy atom. The number of pyridine rings is 1. The van der Waals surface area contributed by atoms with E-state index >= 15 is 0 Å². The molecule has 0 unspecified atom stereocenters. The highest BCUT2D eigenvalue weighted by molar-refractivity contribution is 7.98. The number of hydrogen-bond donors (Lipinski definition) is 0. The first-order valence-corrected chi connectivity index (χ1v) is 5.87. The molecule has 1 fully saturated rings. The molecule has 0 atom stereocenters. The van der Waals surface area contributed by atoms with E-state index < -0.39 is 0 Å². The van der Waals surface area contributed by atoms with Gasteiger partial charge < -0.3 is 4.90 Å². The molecule has 1 aliphatic heterocycles. The Labute approximate surface area is 83.4 Å². The van der Waals surface area contributed by atoms with E-state index in [4.69, 9.17) is 0 Å². The molecule has 13 heavy (non-hydrogen) atoms. The third kappa shape index (κ3) is 1.97. The third-order valence-corrected chi connectivity index (χ3v) is 3.10. The first-order valence-electron chi connectivity index (χ1n) is 4.65. The predicted octanol–water partition coefficient (Wildman–Crippen LogP) is 2.40. The van der Waals surface area contributed by atoms with Crippen LogP contribution < -0.4 is 4.90 Å². The Morgan fingerprint density at radius 3 is 2.62 bits per heavy atom. The van der Waals surface area contributed by atoms with Gasteiger partial charge in [-0.2, -0.15) is 0 Å². The van der Waals surface area contributed by atoms with Crippen molar-refractivity contribution in [1.29, 1.82) is 0 Å². The molecular weight excluding hydrogens is 180 g/mol. The first kappa shape index (κ1) is 8.88. The van der Waals surface area contributed by atoms with E-state index in [-0.39, 0.29) is 0 Å². The molecule has 0 amide bonds. The van der Waals surface area contributed by atoms with Gasteiger partial charge >= 0.3 is 0 Å². The summed E-state index contributed by atoms with van der Waals surface area (Å²) in [5.41, 5.74) is 0. The second-order valence-corrected chi connectivity index (χ2v) is 4.13. The van der Waals surface area contributed by atoms with Crippen molar-refractivity contribution >= 4 is 17.6 Å². The highest BCUT2D eigenvalue weighted by Crippen LogP contribution is 2.20. The van der Waals surface area contributed by atoms with Crippen LogP contribution in [0.15, 0.2) is 23.2 Å². The van der Waals surface area contributed by atoms with Crippen LogP contribution in [0.5, 0.6) is 0 Å². The number of aromatic nitrogens is 1. The summed E-state index contributed by atoms with van der Waals surface area (Å²) in [5, 5.41) is 0. The molecule has 0 spiro atoms. The molecule has 1 aromatic rings. The lowest BCUT2D eigenvalue weighted by Crippen LogP contribution is -2.18. The fraction of sp³-hybridized carbons (Fsp3) is 0.500. The molecule has 0 N–H and O–H groups in total. The van der Waals surface area contributed by atoms with Crippen LogP contribution in [0.1, 0.15) is 12.8 Å². The molecule has 2 rings (SSSR count). The molecule has 3 heteroatoms. The summed E-state index contributed by atoms with van der Waals surface area (Å²) in [6.07, 6.45) is 6.66. The van der Waals surface area contributed by atoms with E-state index in [1.165, 1.54) is 30.8 Å². The molecule has 0 bridgehead atoms. The van der Waals surface area contributed by atoms with Crippen molar-refractivity contribution in [1.82, 2.24) is 4.98 Å². The average Bonchev–Trinajstić information content (AvgIpc) is 2.71. The normalized spacial score (nSPS) is 16.5. The Kier molecular flexibility index (Phi) is 2.74. The largest absolute Gasteiger partial charge is 0.357 e. The molecule has 2 nitrogen and oxygen atoms in total. The highest BCUT2D eigenvalue weighted by Gasteiger charge is 2.12. The lowest BCUT2D eigenvalue weighted by molar-refractivity contribution is 0.932. The Balaban J connectivity index is 2.12. The zero-order valence-corrected chi connectivity index (χ0v) is 8.68. The van der Waals surface area contributed by atoms with Crippen LogP contribution in [0, 0.1) is 0 Å². The standard InChI is InChI=1S/C10H14N2S/c1-13-9-4-5-10(11-8-9)12-6-2-3-7-12/h4-5,8H,2-3,6-7H2,1H3. The van der Waals surface area contributed by atoms with Gasteiger partial charge in [0.1, 0.15) is 5.82 Å². The number of rotatable bonds is 2. The minimum Gasteiger partial charge on any atom is -0.357 e. The van der Waals surface area contributed by atoms with Gasteiger partial charge in [0.05, 0.1) is 0 Å². The van der Waals surface area contributed by atoms with Crippen molar-refractivity contribution in [2.75, 3.05) is 24.2 Å². The summed E-state index contributed by atoms with van der Waals surface area (Å²) in [6.45, 7) is 2.34. The number of hydrogen-bond acceptors (Lipinski definition) is 3. The fourth-order valence-corrected chi connectivity index (χ4v) is 1.99. The Bertz CT molecular complexity index is 265. The zero-order chi connectivity index (χ0) is 9.10. The van der Waals surface area contributed by atoms with E-state index in [1.54, 1.807) is 11.8 Å². The molecule has 0 aliphatic carbocycles. The fourth-order valence-electron chi connectivity index (χ4n) is 1.63. The molecule has 0 saturated carbocycles. The summed E-state index contributed by atoms with van der Waals surface area (Å²) >= 11 is 1.74.